The van der Waals surface area contributed by atoms with Crippen LogP contribution >= 0.6 is 0 Å². The van der Waals surface area contributed by atoms with Gasteiger partial charge in [0.15, 0.2) is 0 Å². The Morgan fingerprint density at radius 2 is 2.25 bits per heavy atom. The minimum absolute atomic E-state index is 0.0241. The molecule has 1 aromatic heterocycles. The Labute approximate surface area is 91.1 Å². The zero-order chi connectivity index (χ0) is 11.6. The van der Waals surface area contributed by atoms with Gasteiger partial charge in [0.05, 0.1) is 5.56 Å². The SMILES string of the molecule is FC(F)(F)c1cccnc1N[C@H]1CCNC1. The van der Waals surface area contributed by atoms with Crippen LogP contribution in [0.2, 0.25) is 0 Å². The van der Waals surface area contributed by atoms with Crippen LogP contribution < -0.4 is 10.6 Å². The molecule has 0 amide bonds. The van der Waals surface area contributed by atoms with Gasteiger partial charge >= 0.3 is 6.18 Å². The fourth-order valence-electron chi connectivity index (χ4n) is 1.72. The molecule has 1 aromatic rings. The maximum Gasteiger partial charge on any atom is 0.419 e. The average Bonchev–Trinajstić information content (AvgIpc) is 2.70. The van der Waals surface area contributed by atoms with Crippen molar-refractivity contribution in [2.24, 2.45) is 0 Å². The molecule has 1 atom stereocenters. The third-order valence-corrected chi connectivity index (χ3v) is 2.51. The molecule has 0 unspecified atom stereocenters. The Hall–Kier alpha value is -1.30. The fraction of sp³-hybridized carbons (Fsp3) is 0.500. The summed E-state index contributed by atoms with van der Waals surface area (Å²) < 4.78 is 37.9. The van der Waals surface area contributed by atoms with Gasteiger partial charge in [0.1, 0.15) is 5.82 Å². The second-order valence-electron chi connectivity index (χ2n) is 3.73. The summed E-state index contributed by atoms with van der Waals surface area (Å²) in [7, 11) is 0. The van der Waals surface area contributed by atoms with Gasteiger partial charge in [0, 0.05) is 18.8 Å². The van der Waals surface area contributed by atoms with Crippen molar-refractivity contribution < 1.29 is 13.2 Å². The van der Waals surface area contributed by atoms with Crippen molar-refractivity contribution in [2.45, 2.75) is 18.6 Å². The van der Waals surface area contributed by atoms with Crippen LogP contribution in [-0.4, -0.2) is 24.1 Å². The third kappa shape index (κ3) is 2.44. The standard InChI is InChI=1S/C10H12F3N3/c11-10(12,13)8-2-1-4-15-9(8)16-7-3-5-14-6-7/h1-2,4,7,14H,3,5-6H2,(H,15,16)/t7-/m0/s1. The van der Waals surface area contributed by atoms with E-state index in [1.54, 1.807) is 0 Å². The van der Waals surface area contributed by atoms with Gasteiger partial charge in [-0.15, -0.1) is 0 Å². The van der Waals surface area contributed by atoms with Crippen molar-refractivity contribution >= 4 is 5.82 Å². The minimum atomic E-state index is -4.36. The first-order chi connectivity index (χ1) is 7.57. The lowest BCUT2D eigenvalue weighted by Gasteiger charge is -2.16. The van der Waals surface area contributed by atoms with Crippen molar-refractivity contribution in [2.75, 3.05) is 18.4 Å². The Morgan fingerprint density at radius 3 is 2.88 bits per heavy atom. The van der Waals surface area contributed by atoms with E-state index in [4.69, 9.17) is 0 Å². The molecule has 1 saturated heterocycles. The second kappa shape index (κ2) is 4.29. The van der Waals surface area contributed by atoms with E-state index in [0.29, 0.717) is 6.54 Å². The van der Waals surface area contributed by atoms with E-state index in [-0.39, 0.29) is 11.9 Å². The molecule has 88 valence electrons. The first-order valence-corrected chi connectivity index (χ1v) is 5.07. The van der Waals surface area contributed by atoms with Crippen LogP contribution in [0.25, 0.3) is 0 Å². The van der Waals surface area contributed by atoms with Crippen LogP contribution in [0.4, 0.5) is 19.0 Å². The Bertz CT molecular complexity index is 359. The molecule has 1 aliphatic heterocycles. The fourth-order valence-corrected chi connectivity index (χ4v) is 1.72. The molecule has 2 rings (SSSR count). The summed E-state index contributed by atoms with van der Waals surface area (Å²) in [6.45, 7) is 1.50. The number of hydrogen-bond donors (Lipinski definition) is 2. The van der Waals surface area contributed by atoms with Crippen LogP contribution in [0.1, 0.15) is 12.0 Å². The smallest absolute Gasteiger partial charge is 0.366 e. The summed E-state index contributed by atoms with van der Waals surface area (Å²) in [6.07, 6.45) is -2.18. The van der Waals surface area contributed by atoms with Crippen molar-refractivity contribution in [3.63, 3.8) is 0 Å². The number of rotatable bonds is 2. The molecule has 16 heavy (non-hydrogen) atoms. The van der Waals surface area contributed by atoms with Crippen LogP contribution in [0.5, 0.6) is 0 Å². The topological polar surface area (TPSA) is 37.0 Å². The Balaban J connectivity index is 2.19. The molecule has 0 radical (unpaired) electrons. The van der Waals surface area contributed by atoms with Gasteiger partial charge in [-0.1, -0.05) is 0 Å². The minimum Gasteiger partial charge on any atom is -0.366 e. The lowest BCUT2D eigenvalue weighted by molar-refractivity contribution is -0.137. The molecule has 1 fully saturated rings. The van der Waals surface area contributed by atoms with Crippen molar-refractivity contribution in [1.29, 1.82) is 0 Å². The number of aromatic nitrogens is 1. The number of nitrogens with one attached hydrogen (secondary N) is 2. The van der Waals surface area contributed by atoms with E-state index in [1.165, 1.54) is 12.3 Å². The predicted molar refractivity (Wildman–Crippen MR) is 54.1 cm³/mol. The highest BCUT2D eigenvalue weighted by Gasteiger charge is 2.34. The predicted octanol–water partition coefficient (Wildman–Crippen LogP) is 1.87. The van der Waals surface area contributed by atoms with Gasteiger partial charge in [0.25, 0.3) is 0 Å². The number of pyridine rings is 1. The monoisotopic (exact) mass is 231 g/mol. The molecule has 3 nitrogen and oxygen atoms in total. The van der Waals surface area contributed by atoms with Crippen molar-refractivity contribution in [3.05, 3.63) is 23.9 Å². The van der Waals surface area contributed by atoms with E-state index in [2.05, 4.69) is 15.6 Å². The maximum atomic E-state index is 12.6. The first-order valence-electron chi connectivity index (χ1n) is 5.07. The van der Waals surface area contributed by atoms with Gasteiger partial charge in [-0.25, -0.2) is 4.98 Å². The van der Waals surface area contributed by atoms with E-state index in [9.17, 15) is 13.2 Å². The van der Waals surface area contributed by atoms with Crippen LogP contribution in [0, 0.1) is 0 Å². The molecule has 0 spiro atoms. The van der Waals surface area contributed by atoms with Crippen LogP contribution in [0.3, 0.4) is 0 Å². The number of alkyl halides is 3. The molecule has 2 heterocycles. The summed E-state index contributed by atoms with van der Waals surface area (Å²) in [5.41, 5.74) is -0.707. The lowest BCUT2D eigenvalue weighted by Crippen LogP contribution is -2.24. The van der Waals surface area contributed by atoms with Gasteiger partial charge in [-0.3, -0.25) is 0 Å². The van der Waals surface area contributed by atoms with E-state index >= 15 is 0 Å². The van der Waals surface area contributed by atoms with Gasteiger partial charge < -0.3 is 10.6 Å². The zero-order valence-corrected chi connectivity index (χ0v) is 8.51. The molecule has 6 heteroatoms. The van der Waals surface area contributed by atoms with E-state index < -0.39 is 11.7 Å². The van der Waals surface area contributed by atoms with Crippen LogP contribution in [0.15, 0.2) is 18.3 Å². The number of hydrogen-bond acceptors (Lipinski definition) is 3. The molecular weight excluding hydrogens is 219 g/mol. The molecule has 0 aliphatic carbocycles. The highest BCUT2D eigenvalue weighted by atomic mass is 19.4. The van der Waals surface area contributed by atoms with Gasteiger partial charge in [-0.05, 0) is 25.1 Å². The Kier molecular flexibility index (Phi) is 3.00. The molecule has 0 saturated carbocycles. The lowest BCUT2D eigenvalue weighted by atomic mass is 10.2. The number of anilines is 1. The molecule has 2 N–H and O–H groups in total. The quantitative estimate of drug-likeness (QED) is 0.816. The second-order valence-corrected chi connectivity index (χ2v) is 3.73. The summed E-state index contributed by atoms with van der Waals surface area (Å²) >= 11 is 0. The van der Waals surface area contributed by atoms with Gasteiger partial charge in [0.2, 0.25) is 0 Å². The highest BCUT2D eigenvalue weighted by molar-refractivity contribution is 5.46. The van der Waals surface area contributed by atoms with Crippen molar-refractivity contribution in [1.82, 2.24) is 10.3 Å². The molecular formula is C10H12F3N3. The number of nitrogens with zero attached hydrogens (tertiary/aromatic N) is 1. The van der Waals surface area contributed by atoms with Crippen molar-refractivity contribution in [3.8, 4) is 0 Å². The molecule has 0 aromatic carbocycles. The zero-order valence-electron chi connectivity index (χ0n) is 8.51. The molecule has 1 aliphatic rings. The molecule has 0 bridgehead atoms. The van der Waals surface area contributed by atoms with Gasteiger partial charge in [-0.2, -0.15) is 13.2 Å². The summed E-state index contributed by atoms with van der Waals surface area (Å²) in [5, 5.41) is 5.90. The third-order valence-electron chi connectivity index (χ3n) is 2.51. The summed E-state index contributed by atoms with van der Waals surface area (Å²) in [5.74, 6) is -0.0799. The average molecular weight is 231 g/mol. The highest BCUT2D eigenvalue weighted by Crippen LogP contribution is 2.33. The summed E-state index contributed by atoms with van der Waals surface area (Å²) in [4.78, 5) is 3.75. The normalized spacial score (nSPS) is 21.1. The largest absolute Gasteiger partial charge is 0.419 e. The Morgan fingerprint density at radius 1 is 1.44 bits per heavy atom. The van der Waals surface area contributed by atoms with E-state index in [1.807, 2.05) is 0 Å². The first kappa shape index (κ1) is 11.2. The van der Waals surface area contributed by atoms with E-state index in [0.717, 1.165) is 19.0 Å². The van der Waals surface area contributed by atoms with Crippen LogP contribution in [-0.2, 0) is 6.18 Å². The maximum absolute atomic E-state index is 12.6. The number of halogens is 3. The summed E-state index contributed by atoms with van der Waals surface area (Å²) in [6, 6.07) is 2.36.